The predicted octanol–water partition coefficient (Wildman–Crippen LogP) is 2.39. The summed E-state index contributed by atoms with van der Waals surface area (Å²) in [4.78, 5) is 10.9. The molecule has 1 saturated carbocycles. The van der Waals surface area contributed by atoms with Crippen molar-refractivity contribution in [3.8, 4) is 5.75 Å². The van der Waals surface area contributed by atoms with Crippen LogP contribution in [0.25, 0.3) is 0 Å². The Morgan fingerprint density at radius 1 is 1.56 bits per heavy atom. The van der Waals surface area contributed by atoms with E-state index in [-0.39, 0.29) is 17.7 Å². The van der Waals surface area contributed by atoms with E-state index in [1.165, 1.54) is 12.1 Å². The summed E-state index contributed by atoms with van der Waals surface area (Å²) in [5.74, 6) is -1.12. The fourth-order valence-electron chi connectivity index (χ4n) is 2.50. The van der Waals surface area contributed by atoms with Crippen LogP contribution < -0.4 is 4.74 Å². The molecule has 84 valence electrons. The molecule has 3 rings (SSSR count). The average Bonchev–Trinajstić information content (AvgIpc) is 2.91. The standard InChI is InChI=1S/C11H8BrFO3/c12-7-2-4(13)1-5-8-6(3-16-10(5)7)9(8)11(14)15/h1-2,6,8-9H,3H2,(H,14,15)/t6-,8+,9?/m0/s1. The Morgan fingerprint density at radius 3 is 3.00 bits per heavy atom. The first-order chi connectivity index (χ1) is 7.59. The minimum absolute atomic E-state index is 0.00120. The van der Waals surface area contributed by atoms with Gasteiger partial charge in [-0.15, -0.1) is 0 Å². The molecule has 3 nitrogen and oxygen atoms in total. The number of rotatable bonds is 1. The van der Waals surface area contributed by atoms with E-state index in [2.05, 4.69) is 15.9 Å². The minimum Gasteiger partial charge on any atom is -0.492 e. The SMILES string of the molecule is O=C(O)C1[C@H]2COc3c(Br)cc(F)cc3[C@@H]12. The summed E-state index contributed by atoms with van der Waals surface area (Å²) in [6.45, 7) is 0.402. The molecule has 0 aromatic heterocycles. The van der Waals surface area contributed by atoms with Crippen molar-refractivity contribution < 1.29 is 19.0 Å². The lowest BCUT2D eigenvalue weighted by molar-refractivity contribution is -0.139. The molecule has 0 amide bonds. The van der Waals surface area contributed by atoms with Crippen LogP contribution in [-0.4, -0.2) is 17.7 Å². The zero-order valence-corrected chi connectivity index (χ0v) is 9.70. The predicted molar refractivity (Wildman–Crippen MR) is 57.0 cm³/mol. The van der Waals surface area contributed by atoms with Gasteiger partial charge in [-0.2, -0.15) is 0 Å². The molecule has 1 aromatic carbocycles. The first-order valence-electron chi connectivity index (χ1n) is 4.94. The molecule has 1 N–H and O–H groups in total. The van der Waals surface area contributed by atoms with Crippen molar-refractivity contribution in [3.63, 3.8) is 0 Å². The van der Waals surface area contributed by atoms with Crippen LogP contribution in [0.1, 0.15) is 11.5 Å². The maximum absolute atomic E-state index is 13.2. The highest BCUT2D eigenvalue weighted by Gasteiger charge is 2.59. The van der Waals surface area contributed by atoms with Gasteiger partial charge in [-0.3, -0.25) is 4.79 Å². The van der Waals surface area contributed by atoms with Gasteiger partial charge >= 0.3 is 5.97 Å². The maximum atomic E-state index is 13.2. The van der Waals surface area contributed by atoms with Crippen LogP contribution >= 0.6 is 15.9 Å². The topological polar surface area (TPSA) is 46.5 Å². The second-order valence-electron chi connectivity index (χ2n) is 4.17. The third kappa shape index (κ3) is 1.27. The summed E-state index contributed by atoms with van der Waals surface area (Å²) >= 11 is 3.22. The Kier molecular flexibility index (Phi) is 2.01. The third-order valence-electron chi connectivity index (χ3n) is 3.27. The fraction of sp³-hybridized carbons (Fsp3) is 0.364. The molecule has 1 aromatic rings. The summed E-state index contributed by atoms with van der Waals surface area (Å²) in [7, 11) is 0. The summed E-state index contributed by atoms with van der Waals surface area (Å²) < 4.78 is 19.3. The quantitative estimate of drug-likeness (QED) is 0.862. The molecule has 0 radical (unpaired) electrons. The fourth-order valence-corrected chi connectivity index (χ4v) is 3.06. The van der Waals surface area contributed by atoms with Crippen molar-refractivity contribution in [3.05, 3.63) is 28.0 Å². The number of benzene rings is 1. The Bertz CT molecular complexity index is 488. The molecule has 16 heavy (non-hydrogen) atoms. The summed E-state index contributed by atoms with van der Waals surface area (Å²) in [6, 6.07) is 2.71. The van der Waals surface area contributed by atoms with Gasteiger partial charge in [0.05, 0.1) is 17.0 Å². The Balaban J connectivity index is 2.07. The van der Waals surface area contributed by atoms with Crippen LogP contribution in [0.5, 0.6) is 5.75 Å². The summed E-state index contributed by atoms with van der Waals surface area (Å²) in [5.41, 5.74) is 0.676. The first-order valence-corrected chi connectivity index (χ1v) is 5.73. The molecular weight excluding hydrogens is 279 g/mol. The number of ether oxygens (including phenoxy) is 1. The van der Waals surface area contributed by atoms with E-state index < -0.39 is 11.9 Å². The highest BCUT2D eigenvalue weighted by Crippen LogP contribution is 2.60. The molecule has 2 aliphatic rings. The smallest absolute Gasteiger partial charge is 0.307 e. The van der Waals surface area contributed by atoms with E-state index >= 15 is 0 Å². The van der Waals surface area contributed by atoms with Crippen molar-refractivity contribution in [2.75, 3.05) is 6.61 Å². The van der Waals surface area contributed by atoms with Gasteiger partial charge in [0.15, 0.2) is 0 Å². The molecule has 1 unspecified atom stereocenters. The van der Waals surface area contributed by atoms with Gasteiger partial charge < -0.3 is 9.84 Å². The number of halogens is 2. The molecule has 1 aliphatic carbocycles. The first kappa shape index (κ1) is 10.1. The van der Waals surface area contributed by atoms with Crippen molar-refractivity contribution in [1.82, 2.24) is 0 Å². The number of hydrogen-bond donors (Lipinski definition) is 1. The van der Waals surface area contributed by atoms with E-state index in [1.54, 1.807) is 0 Å². The van der Waals surface area contributed by atoms with Gasteiger partial charge in [0.25, 0.3) is 0 Å². The Labute approximate surface area is 99.3 Å². The van der Waals surface area contributed by atoms with Gasteiger partial charge in [-0.1, -0.05) is 0 Å². The van der Waals surface area contributed by atoms with Gasteiger partial charge in [0, 0.05) is 17.4 Å². The lowest BCUT2D eigenvalue weighted by Gasteiger charge is -2.17. The Morgan fingerprint density at radius 2 is 2.31 bits per heavy atom. The van der Waals surface area contributed by atoms with E-state index in [0.29, 0.717) is 22.4 Å². The molecule has 1 aliphatic heterocycles. The largest absolute Gasteiger partial charge is 0.492 e. The number of fused-ring (bicyclic) bond motifs is 3. The molecule has 1 fully saturated rings. The molecular formula is C11H8BrFO3. The monoisotopic (exact) mass is 286 g/mol. The normalized spacial score (nSPS) is 30.0. The average molecular weight is 287 g/mol. The Hall–Kier alpha value is -1.10. The molecule has 0 bridgehead atoms. The summed E-state index contributed by atoms with van der Waals surface area (Å²) in [5, 5.41) is 8.99. The lowest BCUT2D eigenvalue weighted by atomic mass is 10.1. The molecule has 1 heterocycles. The van der Waals surface area contributed by atoms with Crippen LogP contribution in [0, 0.1) is 17.7 Å². The zero-order valence-electron chi connectivity index (χ0n) is 8.11. The number of carbonyl (C=O) groups is 1. The van der Waals surface area contributed by atoms with Crippen LogP contribution in [0.15, 0.2) is 16.6 Å². The number of aliphatic carboxylic acids is 1. The number of carboxylic acid groups (broad SMARTS) is 1. The minimum atomic E-state index is -0.827. The van der Waals surface area contributed by atoms with Gasteiger partial charge in [-0.05, 0) is 28.1 Å². The van der Waals surface area contributed by atoms with Gasteiger partial charge in [-0.25, -0.2) is 4.39 Å². The molecule has 3 atom stereocenters. The number of carboxylic acids is 1. The number of hydrogen-bond acceptors (Lipinski definition) is 2. The van der Waals surface area contributed by atoms with E-state index in [4.69, 9.17) is 9.84 Å². The van der Waals surface area contributed by atoms with Crippen LogP contribution in [0.4, 0.5) is 4.39 Å². The molecule has 0 spiro atoms. The van der Waals surface area contributed by atoms with E-state index in [0.717, 1.165) is 0 Å². The highest BCUT2D eigenvalue weighted by atomic mass is 79.9. The van der Waals surface area contributed by atoms with Crippen molar-refractivity contribution in [2.45, 2.75) is 5.92 Å². The van der Waals surface area contributed by atoms with Crippen LogP contribution in [0.3, 0.4) is 0 Å². The van der Waals surface area contributed by atoms with E-state index in [1.807, 2.05) is 0 Å². The van der Waals surface area contributed by atoms with E-state index in [9.17, 15) is 9.18 Å². The van der Waals surface area contributed by atoms with Gasteiger partial charge in [0.1, 0.15) is 11.6 Å². The van der Waals surface area contributed by atoms with Gasteiger partial charge in [0.2, 0.25) is 0 Å². The molecule has 0 saturated heterocycles. The molecule has 5 heteroatoms. The second-order valence-corrected chi connectivity index (χ2v) is 5.02. The zero-order chi connectivity index (χ0) is 11.4. The second kappa shape index (κ2) is 3.20. The van der Waals surface area contributed by atoms with Crippen molar-refractivity contribution in [2.24, 2.45) is 11.8 Å². The van der Waals surface area contributed by atoms with Crippen molar-refractivity contribution >= 4 is 21.9 Å². The maximum Gasteiger partial charge on any atom is 0.307 e. The van der Waals surface area contributed by atoms with Crippen LogP contribution in [-0.2, 0) is 4.79 Å². The van der Waals surface area contributed by atoms with Crippen LogP contribution in [0.2, 0.25) is 0 Å². The van der Waals surface area contributed by atoms with Crippen molar-refractivity contribution in [1.29, 1.82) is 0 Å². The highest BCUT2D eigenvalue weighted by molar-refractivity contribution is 9.10. The third-order valence-corrected chi connectivity index (χ3v) is 3.86. The summed E-state index contributed by atoms with van der Waals surface area (Å²) in [6.07, 6.45) is 0. The lowest BCUT2D eigenvalue weighted by Crippen LogP contribution is -2.09.